The lowest BCUT2D eigenvalue weighted by atomic mass is 10.0. The average molecular weight is 272 g/mol. The van der Waals surface area contributed by atoms with Gasteiger partial charge >= 0.3 is 0 Å². The largest absolute Gasteiger partial charge is 0.263 e. The Hall–Kier alpha value is -0.570. The van der Waals surface area contributed by atoms with Gasteiger partial charge in [-0.15, -0.1) is 11.6 Å². The maximum atomic E-state index is 6.39. The van der Waals surface area contributed by atoms with E-state index in [-0.39, 0.29) is 5.38 Å². The Morgan fingerprint density at radius 3 is 2.88 bits per heavy atom. The Morgan fingerprint density at radius 1 is 1.44 bits per heavy atom. The molecule has 0 bridgehead atoms. The molecule has 4 heteroatoms. The van der Waals surface area contributed by atoms with E-state index in [2.05, 4.69) is 22.7 Å². The maximum Gasteiger partial charge on any atom is 0.0636 e. The summed E-state index contributed by atoms with van der Waals surface area (Å²) in [4.78, 5) is 3.96. The van der Waals surface area contributed by atoms with E-state index in [1.165, 1.54) is 11.1 Å². The van der Waals surface area contributed by atoms with E-state index < -0.39 is 0 Å². The van der Waals surface area contributed by atoms with Crippen LogP contribution in [0, 0.1) is 6.92 Å². The van der Waals surface area contributed by atoms with Crippen molar-refractivity contribution >= 4 is 34.5 Å². The Balaban J connectivity index is 2.17. The topological polar surface area (TPSA) is 12.9 Å². The van der Waals surface area contributed by atoms with Gasteiger partial charge < -0.3 is 0 Å². The first-order chi connectivity index (χ1) is 7.68. The molecule has 0 aromatic carbocycles. The van der Waals surface area contributed by atoms with Crippen molar-refractivity contribution in [2.24, 2.45) is 0 Å². The van der Waals surface area contributed by atoms with E-state index in [1.807, 2.05) is 6.07 Å². The van der Waals surface area contributed by atoms with Crippen molar-refractivity contribution in [2.45, 2.75) is 18.7 Å². The quantitative estimate of drug-likeness (QED) is 0.742. The van der Waals surface area contributed by atoms with Gasteiger partial charge in [0.05, 0.1) is 10.4 Å². The van der Waals surface area contributed by atoms with Crippen molar-refractivity contribution in [1.82, 2.24) is 4.98 Å². The number of nitrogens with zero attached hydrogens (tertiary/aromatic N) is 1. The van der Waals surface area contributed by atoms with Gasteiger partial charge in [0.15, 0.2) is 0 Å². The number of aromatic nitrogens is 1. The third-order valence-corrected chi connectivity index (χ3v) is 4.10. The summed E-state index contributed by atoms with van der Waals surface area (Å²) in [6.45, 7) is 2.08. The molecule has 0 saturated carbocycles. The highest BCUT2D eigenvalue weighted by molar-refractivity contribution is 7.08. The first kappa shape index (κ1) is 11.9. The fraction of sp³-hybridized carbons (Fsp3) is 0.250. The summed E-state index contributed by atoms with van der Waals surface area (Å²) in [5, 5.41) is 4.87. The van der Waals surface area contributed by atoms with Crippen molar-refractivity contribution < 1.29 is 0 Å². The summed E-state index contributed by atoms with van der Waals surface area (Å²) in [5.41, 5.74) is 3.48. The second kappa shape index (κ2) is 5.17. The molecule has 1 atom stereocenters. The fourth-order valence-electron chi connectivity index (χ4n) is 1.56. The molecule has 0 N–H and O–H groups in total. The van der Waals surface area contributed by atoms with Crippen molar-refractivity contribution in [3.05, 3.63) is 50.9 Å². The smallest absolute Gasteiger partial charge is 0.0636 e. The molecule has 2 aromatic heterocycles. The number of rotatable bonds is 3. The molecular weight excluding hydrogens is 261 g/mol. The fourth-order valence-corrected chi connectivity index (χ4v) is 3.14. The SMILES string of the molecule is Cc1cscc1C(Cl)Cc1ccncc1Cl. The van der Waals surface area contributed by atoms with Crippen molar-refractivity contribution in [1.29, 1.82) is 0 Å². The molecule has 0 fully saturated rings. The van der Waals surface area contributed by atoms with Crippen LogP contribution in [0.3, 0.4) is 0 Å². The summed E-state index contributed by atoms with van der Waals surface area (Å²) < 4.78 is 0. The lowest BCUT2D eigenvalue weighted by Crippen LogP contribution is -1.97. The van der Waals surface area contributed by atoms with Gasteiger partial charge in [0.2, 0.25) is 0 Å². The van der Waals surface area contributed by atoms with E-state index in [1.54, 1.807) is 23.7 Å². The molecule has 0 spiro atoms. The second-order valence-corrected chi connectivity index (χ2v) is 5.33. The first-order valence-corrected chi connectivity index (χ1v) is 6.69. The lowest BCUT2D eigenvalue weighted by Gasteiger charge is -2.10. The molecule has 2 rings (SSSR count). The van der Waals surface area contributed by atoms with Crippen molar-refractivity contribution in [3.63, 3.8) is 0 Å². The minimum atomic E-state index is -0.0221. The van der Waals surface area contributed by atoms with Gasteiger partial charge in [0.1, 0.15) is 0 Å². The van der Waals surface area contributed by atoms with Crippen LogP contribution in [-0.4, -0.2) is 4.98 Å². The Labute approximate surface area is 109 Å². The molecule has 1 unspecified atom stereocenters. The number of hydrogen-bond acceptors (Lipinski definition) is 2. The van der Waals surface area contributed by atoms with E-state index in [4.69, 9.17) is 23.2 Å². The monoisotopic (exact) mass is 271 g/mol. The minimum absolute atomic E-state index is 0.0221. The van der Waals surface area contributed by atoms with Crippen LogP contribution in [0.1, 0.15) is 22.1 Å². The van der Waals surface area contributed by atoms with Gasteiger partial charge in [0.25, 0.3) is 0 Å². The highest BCUT2D eigenvalue weighted by atomic mass is 35.5. The molecule has 16 heavy (non-hydrogen) atoms. The second-order valence-electron chi connectivity index (χ2n) is 3.65. The summed E-state index contributed by atoms with van der Waals surface area (Å²) in [6, 6.07) is 1.92. The zero-order chi connectivity index (χ0) is 11.5. The highest BCUT2D eigenvalue weighted by Crippen LogP contribution is 2.31. The van der Waals surface area contributed by atoms with Crippen LogP contribution in [0.5, 0.6) is 0 Å². The van der Waals surface area contributed by atoms with Crippen LogP contribution in [0.15, 0.2) is 29.2 Å². The zero-order valence-electron chi connectivity index (χ0n) is 8.78. The van der Waals surface area contributed by atoms with Crippen LogP contribution in [0.2, 0.25) is 5.02 Å². The number of thiophene rings is 1. The predicted molar refractivity (Wildman–Crippen MR) is 70.6 cm³/mol. The molecule has 0 saturated heterocycles. The molecule has 0 radical (unpaired) electrons. The minimum Gasteiger partial charge on any atom is -0.263 e. The number of aryl methyl sites for hydroxylation is 1. The van der Waals surface area contributed by atoms with Crippen molar-refractivity contribution in [2.75, 3.05) is 0 Å². The van der Waals surface area contributed by atoms with Gasteiger partial charge in [-0.1, -0.05) is 11.6 Å². The van der Waals surface area contributed by atoms with E-state index >= 15 is 0 Å². The number of pyridine rings is 1. The van der Waals surface area contributed by atoms with E-state index in [9.17, 15) is 0 Å². The maximum absolute atomic E-state index is 6.39. The molecular formula is C12H11Cl2NS. The standard InChI is InChI=1S/C12H11Cl2NS/c1-8-6-16-7-10(8)11(13)4-9-2-3-15-5-12(9)14/h2-3,5-7,11H,4H2,1H3. The normalized spacial score (nSPS) is 12.7. The van der Waals surface area contributed by atoms with Gasteiger partial charge in [-0.2, -0.15) is 11.3 Å². The molecule has 0 aliphatic heterocycles. The van der Waals surface area contributed by atoms with Crippen LogP contribution in [0.4, 0.5) is 0 Å². The Kier molecular flexibility index (Phi) is 3.85. The van der Waals surface area contributed by atoms with Crippen LogP contribution < -0.4 is 0 Å². The first-order valence-electron chi connectivity index (χ1n) is 4.93. The summed E-state index contributed by atoms with van der Waals surface area (Å²) in [7, 11) is 0. The third kappa shape index (κ3) is 2.57. The van der Waals surface area contributed by atoms with Gasteiger partial charge in [-0.3, -0.25) is 4.98 Å². The molecule has 84 valence electrons. The number of halogens is 2. The highest BCUT2D eigenvalue weighted by Gasteiger charge is 2.13. The van der Waals surface area contributed by atoms with E-state index in [0.29, 0.717) is 5.02 Å². The Morgan fingerprint density at radius 2 is 2.25 bits per heavy atom. The summed E-state index contributed by atoms with van der Waals surface area (Å²) in [6.07, 6.45) is 4.13. The molecule has 2 aromatic rings. The lowest BCUT2D eigenvalue weighted by molar-refractivity contribution is 0.913. The number of hydrogen-bond donors (Lipinski definition) is 0. The zero-order valence-corrected chi connectivity index (χ0v) is 11.1. The molecule has 0 amide bonds. The average Bonchev–Trinajstić information content (AvgIpc) is 2.68. The summed E-state index contributed by atoms with van der Waals surface area (Å²) >= 11 is 14.1. The number of alkyl halides is 1. The predicted octanol–water partition coefficient (Wildman–Crippen LogP) is 4.63. The molecule has 1 nitrogen and oxygen atoms in total. The van der Waals surface area contributed by atoms with Crippen LogP contribution in [-0.2, 0) is 6.42 Å². The van der Waals surface area contributed by atoms with Crippen LogP contribution in [0.25, 0.3) is 0 Å². The van der Waals surface area contributed by atoms with Gasteiger partial charge in [-0.25, -0.2) is 0 Å². The summed E-state index contributed by atoms with van der Waals surface area (Å²) in [5.74, 6) is 0. The van der Waals surface area contributed by atoms with E-state index in [0.717, 1.165) is 12.0 Å². The van der Waals surface area contributed by atoms with Crippen LogP contribution >= 0.6 is 34.5 Å². The van der Waals surface area contributed by atoms with Gasteiger partial charge in [-0.05, 0) is 46.9 Å². The van der Waals surface area contributed by atoms with Gasteiger partial charge in [0, 0.05) is 12.4 Å². The van der Waals surface area contributed by atoms with Crippen molar-refractivity contribution in [3.8, 4) is 0 Å². The Bertz CT molecular complexity index is 481. The molecule has 2 heterocycles. The third-order valence-electron chi connectivity index (χ3n) is 2.49. The molecule has 0 aliphatic rings. The molecule has 0 aliphatic carbocycles.